The minimum absolute atomic E-state index is 0.610. The molecule has 140 valence electrons. The normalized spacial score (nSPS) is 10.5. The van der Waals surface area contributed by atoms with E-state index in [2.05, 4.69) is 49.2 Å². The van der Waals surface area contributed by atoms with Crippen molar-refractivity contribution in [2.24, 2.45) is 0 Å². The first-order chi connectivity index (χ1) is 13.0. The second-order valence-corrected chi connectivity index (χ2v) is 6.78. The van der Waals surface area contributed by atoms with Gasteiger partial charge in [-0.2, -0.15) is 4.98 Å². The summed E-state index contributed by atoms with van der Waals surface area (Å²) in [4.78, 5) is 17.5. The number of nitrogens with zero attached hydrogens (tertiary/aromatic N) is 5. The third-order valence-electron chi connectivity index (χ3n) is 4.36. The van der Waals surface area contributed by atoms with Crippen LogP contribution < -0.4 is 15.1 Å². The molecule has 0 amide bonds. The molecular weight excluding hydrogens is 336 g/mol. The number of anilines is 4. The summed E-state index contributed by atoms with van der Waals surface area (Å²) in [7, 11) is 6.11. The average Bonchev–Trinajstić information content (AvgIpc) is 2.67. The maximum Gasteiger partial charge on any atom is 0.229 e. The van der Waals surface area contributed by atoms with Crippen molar-refractivity contribution in [3.05, 3.63) is 66.1 Å². The molecule has 0 aliphatic rings. The van der Waals surface area contributed by atoms with Gasteiger partial charge in [-0.25, -0.2) is 4.98 Å². The first kappa shape index (κ1) is 18.6. The first-order valence-corrected chi connectivity index (χ1v) is 9.01. The Bertz CT molecular complexity index is 862. The standard InChI is InChI=1S/C21H26N6/c1-16-15-20(27(4)14-11-17-9-12-22-13-10-17)25-21(23-16)24-18-5-7-19(8-6-18)26(2)3/h5-10,12-13,15H,11,14H2,1-4H3,(H,23,24,25). The van der Waals surface area contributed by atoms with Crippen molar-refractivity contribution >= 4 is 23.1 Å². The molecule has 0 saturated carbocycles. The third-order valence-corrected chi connectivity index (χ3v) is 4.36. The summed E-state index contributed by atoms with van der Waals surface area (Å²) < 4.78 is 0. The highest BCUT2D eigenvalue weighted by Crippen LogP contribution is 2.20. The maximum atomic E-state index is 4.68. The summed E-state index contributed by atoms with van der Waals surface area (Å²) in [6, 6.07) is 14.3. The quantitative estimate of drug-likeness (QED) is 0.692. The third kappa shape index (κ3) is 5.17. The van der Waals surface area contributed by atoms with E-state index in [4.69, 9.17) is 0 Å². The van der Waals surface area contributed by atoms with E-state index in [9.17, 15) is 0 Å². The van der Waals surface area contributed by atoms with Gasteiger partial charge in [-0.3, -0.25) is 4.98 Å². The molecule has 0 saturated heterocycles. The number of benzene rings is 1. The summed E-state index contributed by atoms with van der Waals surface area (Å²) in [5.41, 5.74) is 4.32. The fourth-order valence-electron chi connectivity index (χ4n) is 2.74. The number of aromatic nitrogens is 3. The maximum absolute atomic E-state index is 4.68. The first-order valence-electron chi connectivity index (χ1n) is 9.01. The van der Waals surface area contributed by atoms with Crippen LogP contribution in [0.4, 0.5) is 23.1 Å². The highest BCUT2D eigenvalue weighted by atomic mass is 15.2. The lowest BCUT2D eigenvalue weighted by molar-refractivity contribution is 0.853. The van der Waals surface area contributed by atoms with Gasteiger partial charge in [0.05, 0.1) is 0 Å². The predicted molar refractivity (Wildman–Crippen MR) is 112 cm³/mol. The molecule has 2 aromatic heterocycles. The minimum Gasteiger partial charge on any atom is -0.378 e. The lowest BCUT2D eigenvalue weighted by Crippen LogP contribution is -2.22. The van der Waals surface area contributed by atoms with E-state index in [1.807, 2.05) is 63.7 Å². The SMILES string of the molecule is Cc1cc(N(C)CCc2ccncc2)nc(Nc2ccc(N(C)C)cc2)n1. The van der Waals surface area contributed by atoms with Gasteiger partial charge in [0.1, 0.15) is 5.82 Å². The van der Waals surface area contributed by atoms with Crippen LogP contribution >= 0.6 is 0 Å². The van der Waals surface area contributed by atoms with Crippen LogP contribution in [-0.2, 0) is 6.42 Å². The van der Waals surface area contributed by atoms with E-state index in [0.717, 1.165) is 35.9 Å². The molecule has 0 bridgehead atoms. The fourth-order valence-corrected chi connectivity index (χ4v) is 2.74. The highest BCUT2D eigenvalue weighted by Gasteiger charge is 2.08. The van der Waals surface area contributed by atoms with Gasteiger partial charge in [-0.05, 0) is 55.3 Å². The Hall–Kier alpha value is -3.15. The second-order valence-electron chi connectivity index (χ2n) is 6.78. The molecular formula is C21H26N6. The second kappa shape index (κ2) is 8.49. The Morgan fingerprint density at radius 2 is 1.63 bits per heavy atom. The van der Waals surface area contributed by atoms with E-state index < -0.39 is 0 Å². The monoisotopic (exact) mass is 362 g/mol. The summed E-state index contributed by atoms with van der Waals surface area (Å²) in [6.07, 6.45) is 4.60. The Balaban J connectivity index is 1.69. The van der Waals surface area contributed by atoms with E-state index in [-0.39, 0.29) is 0 Å². The van der Waals surface area contributed by atoms with Crippen LogP contribution in [-0.4, -0.2) is 42.6 Å². The van der Waals surface area contributed by atoms with Crippen LogP contribution in [0.3, 0.4) is 0 Å². The minimum atomic E-state index is 0.610. The smallest absolute Gasteiger partial charge is 0.229 e. The Labute approximate surface area is 160 Å². The molecule has 0 aliphatic carbocycles. The summed E-state index contributed by atoms with van der Waals surface area (Å²) in [5, 5.41) is 3.30. The van der Waals surface area contributed by atoms with Crippen molar-refractivity contribution in [2.75, 3.05) is 42.8 Å². The molecule has 6 nitrogen and oxygen atoms in total. The van der Waals surface area contributed by atoms with Gasteiger partial charge in [0, 0.05) is 63.2 Å². The van der Waals surface area contributed by atoms with Crippen LogP contribution in [0.25, 0.3) is 0 Å². The lowest BCUT2D eigenvalue weighted by atomic mass is 10.2. The number of hydrogen-bond donors (Lipinski definition) is 1. The van der Waals surface area contributed by atoms with Crippen molar-refractivity contribution in [1.29, 1.82) is 0 Å². The molecule has 0 spiro atoms. The average molecular weight is 362 g/mol. The van der Waals surface area contributed by atoms with E-state index in [0.29, 0.717) is 5.95 Å². The van der Waals surface area contributed by atoms with Crippen molar-refractivity contribution in [3.8, 4) is 0 Å². The predicted octanol–water partition coefficient (Wildman–Crippen LogP) is 3.67. The number of pyridine rings is 1. The molecule has 1 aromatic carbocycles. The number of rotatable bonds is 7. The topological polar surface area (TPSA) is 57.2 Å². The van der Waals surface area contributed by atoms with Crippen LogP contribution in [0, 0.1) is 6.92 Å². The van der Waals surface area contributed by atoms with E-state index in [1.54, 1.807) is 0 Å². The molecule has 6 heteroatoms. The van der Waals surface area contributed by atoms with Gasteiger partial charge in [-0.15, -0.1) is 0 Å². The van der Waals surface area contributed by atoms with Crippen LogP contribution in [0.2, 0.25) is 0 Å². The fraction of sp³-hybridized carbons (Fsp3) is 0.286. The van der Waals surface area contributed by atoms with Crippen molar-refractivity contribution in [1.82, 2.24) is 15.0 Å². The molecule has 27 heavy (non-hydrogen) atoms. The van der Waals surface area contributed by atoms with Gasteiger partial charge in [0.25, 0.3) is 0 Å². The number of likely N-dealkylation sites (N-methyl/N-ethyl adjacent to an activating group) is 1. The molecule has 0 aliphatic heterocycles. The molecule has 3 rings (SSSR count). The zero-order valence-electron chi connectivity index (χ0n) is 16.3. The molecule has 0 unspecified atom stereocenters. The molecule has 3 aromatic rings. The van der Waals surface area contributed by atoms with Crippen molar-refractivity contribution in [3.63, 3.8) is 0 Å². The van der Waals surface area contributed by atoms with Crippen LogP contribution in [0.15, 0.2) is 54.9 Å². The van der Waals surface area contributed by atoms with Gasteiger partial charge >= 0.3 is 0 Å². The summed E-state index contributed by atoms with van der Waals surface area (Å²) in [5.74, 6) is 1.52. The van der Waals surface area contributed by atoms with Gasteiger partial charge < -0.3 is 15.1 Å². The Morgan fingerprint density at radius 1 is 0.926 bits per heavy atom. The molecule has 0 radical (unpaired) electrons. The zero-order valence-corrected chi connectivity index (χ0v) is 16.3. The van der Waals surface area contributed by atoms with Crippen molar-refractivity contribution < 1.29 is 0 Å². The molecule has 2 heterocycles. The summed E-state index contributed by atoms with van der Waals surface area (Å²) >= 11 is 0. The number of hydrogen-bond acceptors (Lipinski definition) is 6. The van der Waals surface area contributed by atoms with Gasteiger partial charge in [-0.1, -0.05) is 0 Å². The molecule has 0 fully saturated rings. The van der Waals surface area contributed by atoms with Gasteiger partial charge in [0.15, 0.2) is 0 Å². The molecule has 1 N–H and O–H groups in total. The summed E-state index contributed by atoms with van der Waals surface area (Å²) in [6.45, 7) is 2.86. The highest BCUT2D eigenvalue weighted by molar-refractivity contribution is 5.60. The number of nitrogens with one attached hydrogen (secondary N) is 1. The van der Waals surface area contributed by atoms with Crippen LogP contribution in [0.5, 0.6) is 0 Å². The van der Waals surface area contributed by atoms with E-state index >= 15 is 0 Å². The lowest BCUT2D eigenvalue weighted by Gasteiger charge is -2.19. The van der Waals surface area contributed by atoms with Crippen LogP contribution in [0.1, 0.15) is 11.3 Å². The largest absolute Gasteiger partial charge is 0.378 e. The zero-order chi connectivity index (χ0) is 19.2. The molecule has 0 atom stereocenters. The Kier molecular flexibility index (Phi) is 5.86. The van der Waals surface area contributed by atoms with Gasteiger partial charge in [0.2, 0.25) is 5.95 Å². The Morgan fingerprint density at radius 3 is 2.30 bits per heavy atom. The van der Waals surface area contributed by atoms with E-state index in [1.165, 1.54) is 5.56 Å². The van der Waals surface area contributed by atoms with Crippen molar-refractivity contribution in [2.45, 2.75) is 13.3 Å². The number of aryl methyl sites for hydroxylation is 1.